The van der Waals surface area contributed by atoms with Gasteiger partial charge in [0.25, 0.3) is 5.91 Å². The first-order chi connectivity index (χ1) is 15.2. The van der Waals surface area contributed by atoms with Gasteiger partial charge in [-0.05, 0) is 71.8 Å². The van der Waals surface area contributed by atoms with E-state index in [4.69, 9.17) is 9.15 Å². The van der Waals surface area contributed by atoms with Crippen molar-refractivity contribution < 1.29 is 18.3 Å². The van der Waals surface area contributed by atoms with Crippen molar-refractivity contribution >= 4 is 11.6 Å². The summed E-state index contributed by atoms with van der Waals surface area (Å²) in [4.78, 5) is 12.6. The van der Waals surface area contributed by atoms with Gasteiger partial charge < -0.3 is 14.5 Å². The number of furan rings is 1. The topological polar surface area (TPSA) is 95.1 Å². The highest BCUT2D eigenvalue weighted by Crippen LogP contribution is 2.36. The van der Waals surface area contributed by atoms with Gasteiger partial charge in [-0.15, -0.1) is 5.10 Å². The summed E-state index contributed by atoms with van der Waals surface area (Å²) in [7, 11) is 0. The molecule has 0 aliphatic heterocycles. The van der Waals surface area contributed by atoms with Crippen LogP contribution in [0.1, 0.15) is 35.2 Å². The average Bonchev–Trinajstić information content (AvgIpc) is 3.31. The van der Waals surface area contributed by atoms with Crippen LogP contribution in [0.15, 0.2) is 65.1 Å². The van der Waals surface area contributed by atoms with Crippen LogP contribution in [0, 0.1) is 5.82 Å². The number of tetrazole rings is 1. The summed E-state index contributed by atoms with van der Waals surface area (Å²) in [5.74, 6) is 1.10. The number of hydrogen-bond donors (Lipinski definition) is 1. The van der Waals surface area contributed by atoms with Gasteiger partial charge in [0.15, 0.2) is 11.6 Å². The van der Waals surface area contributed by atoms with Crippen LogP contribution >= 0.6 is 0 Å². The Morgan fingerprint density at radius 3 is 2.81 bits per heavy atom. The van der Waals surface area contributed by atoms with Crippen molar-refractivity contribution in [3.63, 3.8) is 0 Å². The second-order valence-corrected chi connectivity index (χ2v) is 7.22. The maximum atomic E-state index is 13.0. The zero-order chi connectivity index (χ0) is 21.2. The van der Waals surface area contributed by atoms with Gasteiger partial charge in [-0.3, -0.25) is 4.79 Å². The first-order valence-electron chi connectivity index (χ1n) is 9.82. The molecule has 0 unspecified atom stereocenters. The van der Waals surface area contributed by atoms with E-state index in [-0.39, 0.29) is 24.1 Å². The SMILES string of the molecule is O=C(Nc1cccc(-c2nnnn2C2CC2)c1)c1ccc(COc2ccc(F)cc2)o1. The minimum absolute atomic E-state index is 0.123. The fourth-order valence-corrected chi connectivity index (χ4v) is 3.14. The zero-order valence-electron chi connectivity index (χ0n) is 16.4. The molecule has 1 aliphatic carbocycles. The number of carbonyl (C=O) groups excluding carboxylic acids is 1. The summed E-state index contributed by atoms with van der Waals surface area (Å²) in [5, 5.41) is 14.8. The smallest absolute Gasteiger partial charge is 0.291 e. The predicted molar refractivity (Wildman–Crippen MR) is 109 cm³/mol. The van der Waals surface area contributed by atoms with Crippen LogP contribution in [0.5, 0.6) is 5.75 Å². The van der Waals surface area contributed by atoms with Crippen LogP contribution in [-0.2, 0) is 6.61 Å². The van der Waals surface area contributed by atoms with E-state index in [9.17, 15) is 9.18 Å². The van der Waals surface area contributed by atoms with E-state index < -0.39 is 0 Å². The molecule has 156 valence electrons. The summed E-state index contributed by atoms with van der Waals surface area (Å²) in [6.07, 6.45) is 2.14. The first-order valence-corrected chi connectivity index (χ1v) is 9.82. The van der Waals surface area contributed by atoms with Gasteiger partial charge in [0, 0.05) is 11.3 Å². The molecule has 1 amide bonds. The Morgan fingerprint density at radius 1 is 1.16 bits per heavy atom. The lowest BCUT2D eigenvalue weighted by atomic mass is 10.2. The molecule has 31 heavy (non-hydrogen) atoms. The van der Waals surface area contributed by atoms with Crippen molar-refractivity contribution in [3.05, 3.63) is 78.0 Å². The van der Waals surface area contributed by atoms with Crippen molar-refractivity contribution in [1.82, 2.24) is 20.2 Å². The molecule has 5 rings (SSSR count). The largest absolute Gasteiger partial charge is 0.486 e. The normalized spacial score (nSPS) is 13.2. The molecule has 0 spiro atoms. The molecule has 1 fully saturated rings. The van der Waals surface area contributed by atoms with Gasteiger partial charge in [-0.25, -0.2) is 9.07 Å². The van der Waals surface area contributed by atoms with E-state index in [1.165, 1.54) is 24.3 Å². The third-order valence-electron chi connectivity index (χ3n) is 4.84. The summed E-state index contributed by atoms with van der Waals surface area (Å²) >= 11 is 0. The van der Waals surface area contributed by atoms with Crippen LogP contribution in [0.3, 0.4) is 0 Å². The van der Waals surface area contributed by atoms with Gasteiger partial charge in [0.05, 0.1) is 6.04 Å². The molecular weight excluding hydrogens is 401 g/mol. The summed E-state index contributed by atoms with van der Waals surface area (Å²) in [6.45, 7) is 0.123. The molecule has 1 saturated carbocycles. The van der Waals surface area contributed by atoms with Gasteiger partial charge in [0.2, 0.25) is 0 Å². The Bertz CT molecular complexity index is 1210. The lowest BCUT2D eigenvalue weighted by molar-refractivity contribution is 0.0992. The van der Waals surface area contributed by atoms with Gasteiger partial charge in [-0.2, -0.15) is 0 Å². The van der Waals surface area contributed by atoms with Crippen LogP contribution in [0.2, 0.25) is 0 Å². The van der Waals surface area contributed by atoms with Crippen LogP contribution < -0.4 is 10.1 Å². The lowest BCUT2D eigenvalue weighted by Gasteiger charge is -2.07. The Balaban J connectivity index is 1.24. The van der Waals surface area contributed by atoms with E-state index in [1.807, 2.05) is 22.9 Å². The minimum Gasteiger partial charge on any atom is -0.486 e. The van der Waals surface area contributed by atoms with Gasteiger partial charge in [0.1, 0.15) is 23.9 Å². The van der Waals surface area contributed by atoms with Crippen molar-refractivity contribution in [3.8, 4) is 17.1 Å². The molecule has 0 saturated heterocycles. The predicted octanol–water partition coefficient (Wildman–Crippen LogP) is 4.24. The third-order valence-corrected chi connectivity index (χ3v) is 4.84. The van der Waals surface area contributed by atoms with E-state index >= 15 is 0 Å². The maximum Gasteiger partial charge on any atom is 0.291 e. The van der Waals surface area contributed by atoms with Crippen molar-refractivity contribution in [2.75, 3.05) is 5.32 Å². The molecule has 8 nitrogen and oxygen atoms in total. The fraction of sp³-hybridized carbons (Fsp3) is 0.182. The van der Waals surface area contributed by atoms with Gasteiger partial charge >= 0.3 is 0 Å². The maximum absolute atomic E-state index is 13.0. The first kappa shape index (κ1) is 19.0. The Morgan fingerprint density at radius 2 is 2.00 bits per heavy atom. The number of benzene rings is 2. The number of carbonyl (C=O) groups is 1. The van der Waals surface area contributed by atoms with Gasteiger partial charge in [-0.1, -0.05) is 12.1 Å². The number of nitrogens with zero attached hydrogens (tertiary/aromatic N) is 4. The standard InChI is InChI=1S/C22H18FN5O3/c23-15-4-8-18(9-5-15)30-13-19-10-11-20(31-19)22(29)24-16-3-1-2-14(12-16)21-25-26-27-28(21)17-6-7-17/h1-5,8-12,17H,6-7,13H2,(H,24,29). The van der Waals surface area contributed by atoms with E-state index in [0.29, 0.717) is 29.1 Å². The molecule has 2 aromatic carbocycles. The second kappa shape index (κ2) is 8.02. The monoisotopic (exact) mass is 419 g/mol. The highest BCUT2D eigenvalue weighted by atomic mass is 19.1. The summed E-state index contributed by atoms with van der Waals surface area (Å²) < 4.78 is 25.9. The number of hydrogen-bond acceptors (Lipinski definition) is 6. The Kier molecular flexibility index (Phi) is 4.91. The van der Waals surface area contributed by atoms with Crippen LogP contribution in [-0.4, -0.2) is 26.1 Å². The molecule has 0 bridgehead atoms. The number of nitrogens with one attached hydrogen (secondary N) is 1. The van der Waals surface area contributed by atoms with Crippen LogP contribution in [0.4, 0.5) is 10.1 Å². The molecule has 2 heterocycles. The zero-order valence-corrected chi connectivity index (χ0v) is 16.4. The Labute approximate surface area is 176 Å². The molecular formula is C22H18FN5O3. The van der Waals surface area contributed by atoms with Crippen molar-refractivity contribution in [2.45, 2.75) is 25.5 Å². The molecule has 0 atom stereocenters. The molecule has 4 aromatic rings. The fourth-order valence-electron chi connectivity index (χ4n) is 3.14. The molecule has 1 N–H and O–H groups in total. The average molecular weight is 419 g/mol. The number of rotatable bonds is 7. The minimum atomic E-state index is -0.382. The highest BCUT2D eigenvalue weighted by molar-refractivity contribution is 6.02. The number of halogens is 1. The summed E-state index contributed by atoms with van der Waals surface area (Å²) in [5.41, 5.74) is 1.43. The molecule has 1 aliphatic rings. The third kappa shape index (κ3) is 4.30. The molecule has 9 heteroatoms. The van der Waals surface area contributed by atoms with Crippen molar-refractivity contribution in [2.24, 2.45) is 0 Å². The number of ether oxygens (including phenoxy) is 1. The van der Waals surface area contributed by atoms with Crippen molar-refractivity contribution in [1.29, 1.82) is 0 Å². The Hall–Kier alpha value is -4.01. The van der Waals surface area contributed by atoms with E-state index in [0.717, 1.165) is 18.4 Å². The van der Waals surface area contributed by atoms with E-state index in [1.54, 1.807) is 18.2 Å². The molecule has 0 radical (unpaired) electrons. The summed E-state index contributed by atoms with van der Waals surface area (Å²) in [6, 6.07) is 16.6. The van der Waals surface area contributed by atoms with Crippen LogP contribution in [0.25, 0.3) is 11.4 Å². The van der Waals surface area contributed by atoms with E-state index in [2.05, 4.69) is 20.8 Å². The number of aromatic nitrogens is 4. The molecule has 2 aromatic heterocycles. The number of amides is 1. The second-order valence-electron chi connectivity index (χ2n) is 7.22. The quantitative estimate of drug-likeness (QED) is 0.481. The lowest BCUT2D eigenvalue weighted by Crippen LogP contribution is -2.11. The number of anilines is 1. The highest BCUT2D eigenvalue weighted by Gasteiger charge is 2.28.